The van der Waals surface area contributed by atoms with Crippen LogP contribution in [0.15, 0.2) is 9.95 Å². The van der Waals surface area contributed by atoms with Crippen LogP contribution in [0.3, 0.4) is 0 Å². The van der Waals surface area contributed by atoms with Gasteiger partial charge in [0.2, 0.25) is 0 Å². The van der Waals surface area contributed by atoms with Crippen molar-refractivity contribution in [2.45, 2.75) is 56.3 Å². The summed E-state index contributed by atoms with van der Waals surface area (Å²) in [5.41, 5.74) is 1.31. The van der Waals surface area contributed by atoms with Crippen LogP contribution in [0.25, 0.3) is 10.2 Å². The lowest BCUT2D eigenvalue weighted by Gasteiger charge is -2.16. The van der Waals surface area contributed by atoms with Crippen molar-refractivity contribution in [3.8, 4) is 0 Å². The molecule has 1 aliphatic carbocycles. The van der Waals surface area contributed by atoms with E-state index in [1.807, 2.05) is 0 Å². The molecular weight excluding hydrogens is 344 g/mol. The highest BCUT2D eigenvalue weighted by molar-refractivity contribution is 7.99. The van der Waals surface area contributed by atoms with Crippen LogP contribution in [0.5, 0.6) is 0 Å². The minimum atomic E-state index is 0.0790. The van der Waals surface area contributed by atoms with Crippen molar-refractivity contribution < 1.29 is 9.84 Å². The number of fused-ring (bicyclic) bond motifs is 3. The van der Waals surface area contributed by atoms with Gasteiger partial charge >= 0.3 is 0 Å². The van der Waals surface area contributed by atoms with Crippen molar-refractivity contribution in [3.05, 3.63) is 20.8 Å². The lowest BCUT2D eigenvalue weighted by Crippen LogP contribution is -2.29. The molecule has 2 aromatic rings. The number of nitrogens with zero attached hydrogens (tertiary/aromatic N) is 2. The molecule has 1 aliphatic heterocycles. The van der Waals surface area contributed by atoms with Crippen molar-refractivity contribution in [1.82, 2.24) is 9.55 Å². The van der Waals surface area contributed by atoms with Gasteiger partial charge in [0, 0.05) is 17.2 Å². The van der Waals surface area contributed by atoms with Gasteiger partial charge in [0.05, 0.1) is 24.6 Å². The summed E-state index contributed by atoms with van der Waals surface area (Å²) in [5, 5.41) is 10.7. The maximum absolute atomic E-state index is 13.2. The molecule has 0 amide bonds. The Balaban J connectivity index is 1.82. The number of aliphatic hydroxyl groups is 1. The number of aliphatic hydroxyl groups excluding tert-OH is 1. The summed E-state index contributed by atoms with van der Waals surface area (Å²) >= 11 is 3.14. The molecule has 0 unspecified atom stereocenters. The SMILES string of the molecule is O=c1c2c3c(sc2nc(SCCO)n1C[C@H]1CCCO1)CCCC3. The van der Waals surface area contributed by atoms with Crippen molar-refractivity contribution in [2.24, 2.45) is 0 Å². The van der Waals surface area contributed by atoms with Gasteiger partial charge in [0.15, 0.2) is 5.16 Å². The van der Waals surface area contributed by atoms with E-state index in [9.17, 15) is 4.79 Å². The minimum Gasteiger partial charge on any atom is -0.396 e. The fraction of sp³-hybridized carbons (Fsp3) is 0.647. The normalized spacial score (nSPS) is 20.6. The standard InChI is InChI=1S/C17H22N2O3S2/c20-7-9-23-17-18-15-14(12-5-1-2-6-13(12)24-15)16(21)19(17)10-11-4-3-8-22-11/h11,20H,1-10H2/t11-/m1/s1. The Bertz CT molecular complexity index is 793. The summed E-state index contributed by atoms with van der Waals surface area (Å²) in [4.78, 5) is 20.2. The second kappa shape index (κ2) is 7.15. The predicted molar refractivity (Wildman–Crippen MR) is 97.3 cm³/mol. The first kappa shape index (κ1) is 16.6. The predicted octanol–water partition coefficient (Wildman–Crippen LogP) is 2.60. The lowest BCUT2D eigenvalue weighted by molar-refractivity contribution is 0.0937. The molecule has 3 heterocycles. The quantitative estimate of drug-likeness (QED) is 0.651. The number of thiophene rings is 1. The highest BCUT2D eigenvalue weighted by Crippen LogP contribution is 2.34. The lowest BCUT2D eigenvalue weighted by atomic mass is 9.97. The Kier molecular flexibility index (Phi) is 4.94. The van der Waals surface area contributed by atoms with Crippen LogP contribution >= 0.6 is 23.1 Å². The van der Waals surface area contributed by atoms with Gasteiger partial charge in [-0.15, -0.1) is 11.3 Å². The van der Waals surface area contributed by atoms with E-state index in [1.165, 1.54) is 28.6 Å². The second-order valence-corrected chi connectivity index (χ2v) is 8.55. The first-order valence-electron chi connectivity index (χ1n) is 8.68. The Morgan fingerprint density at radius 1 is 1.33 bits per heavy atom. The maximum Gasteiger partial charge on any atom is 0.263 e. The molecule has 0 saturated carbocycles. The summed E-state index contributed by atoms with van der Waals surface area (Å²) in [6.07, 6.45) is 6.58. The van der Waals surface area contributed by atoms with Gasteiger partial charge in [-0.1, -0.05) is 11.8 Å². The van der Waals surface area contributed by atoms with Crippen LogP contribution in [0.1, 0.15) is 36.1 Å². The van der Waals surface area contributed by atoms with Crippen molar-refractivity contribution in [1.29, 1.82) is 0 Å². The van der Waals surface area contributed by atoms with Gasteiger partial charge in [0.1, 0.15) is 4.83 Å². The highest BCUT2D eigenvalue weighted by Gasteiger charge is 2.24. The monoisotopic (exact) mass is 366 g/mol. The molecule has 1 fully saturated rings. The van der Waals surface area contributed by atoms with E-state index in [1.54, 1.807) is 15.9 Å². The summed E-state index contributed by atoms with van der Waals surface area (Å²) < 4.78 is 7.53. The summed E-state index contributed by atoms with van der Waals surface area (Å²) in [5.74, 6) is 0.550. The Morgan fingerprint density at radius 3 is 3.00 bits per heavy atom. The van der Waals surface area contributed by atoms with Gasteiger partial charge in [-0.25, -0.2) is 4.98 Å². The van der Waals surface area contributed by atoms with Gasteiger partial charge < -0.3 is 9.84 Å². The zero-order chi connectivity index (χ0) is 16.5. The van der Waals surface area contributed by atoms with Gasteiger partial charge in [-0.3, -0.25) is 9.36 Å². The van der Waals surface area contributed by atoms with Crippen LogP contribution in [0.2, 0.25) is 0 Å². The molecular formula is C17H22N2O3S2. The molecule has 0 spiro atoms. The molecule has 2 aromatic heterocycles. The fourth-order valence-corrected chi connectivity index (χ4v) is 5.67. The third-order valence-electron chi connectivity index (χ3n) is 4.77. The smallest absolute Gasteiger partial charge is 0.263 e. The minimum absolute atomic E-state index is 0.0790. The molecule has 1 N–H and O–H groups in total. The zero-order valence-electron chi connectivity index (χ0n) is 13.6. The average molecular weight is 367 g/mol. The number of rotatable bonds is 5. The van der Waals surface area contributed by atoms with Crippen LogP contribution in [-0.4, -0.2) is 39.7 Å². The molecule has 0 bridgehead atoms. The van der Waals surface area contributed by atoms with E-state index >= 15 is 0 Å². The molecule has 24 heavy (non-hydrogen) atoms. The average Bonchev–Trinajstić information content (AvgIpc) is 3.22. The Labute approximate surface area is 149 Å². The topological polar surface area (TPSA) is 64.3 Å². The van der Waals surface area contributed by atoms with E-state index in [0.717, 1.165) is 54.1 Å². The number of thioether (sulfide) groups is 1. The van der Waals surface area contributed by atoms with E-state index in [0.29, 0.717) is 12.3 Å². The Hall–Kier alpha value is -0.890. The number of aromatic nitrogens is 2. The van der Waals surface area contributed by atoms with Gasteiger partial charge in [0.25, 0.3) is 5.56 Å². The third-order valence-corrected chi connectivity index (χ3v) is 6.91. The van der Waals surface area contributed by atoms with E-state index in [-0.39, 0.29) is 18.3 Å². The molecule has 1 saturated heterocycles. The van der Waals surface area contributed by atoms with Crippen LogP contribution in [0.4, 0.5) is 0 Å². The number of hydrogen-bond acceptors (Lipinski definition) is 6. The third kappa shape index (κ3) is 3.03. The second-order valence-electron chi connectivity index (χ2n) is 6.41. The molecule has 4 rings (SSSR count). The first-order valence-corrected chi connectivity index (χ1v) is 10.5. The molecule has 5 nitrogen and oxygen atoms in total. The summed E-state index contributed by atoms with van der Waals surface area (Å²) in [7, 11) is 0. The van der Waals surface area contributed by atoms with Crippen molar-refractivity contribution in [2.75, 3.05) is 19.0 Å². The number of ether oxygens (including phenoxy) is 1. The van der Waals surface area contributed by atoms with E-state index in [2.05, 4.69) is 0 Å². The molecule has 130 valence electrons. The van der Waals surface area contributed by atoms with Gasteiger partial charge in [-0.2, -0.15) is 0 Å². The molecule has 2 aliphatic rings. The van der Waals surface area contributed by atoms with Crippen molar-refractivity contribution >= 4 is 33.3 Å². The number of hydrogen-bond donors (Lipinski definition) is 1. The van der Waals surface area contributed by atoms with Gasteiger partial charge in [-0.05, 0) is 44.1 Å². The fourth-order valence-electron chi connectivity index (χ4n) is 3.62. The molecule has 7 heteroatoms. The molecule has 1 atom stereocenters. The maximum atomic E-state index is 13.2. The summed E-state index contributed by atoms with van der Waals surface area (Å²) in [6.45, 7) is 1.43. The highest BCUT2D eigenvalue weighted by atomic mass is 32.2. The first-order chi connectivity index (χ1) is 11.8. The van der Waals surface area contributed by atoms with Crippen LogP contribution < -0.4 is 5.56 Å². The number of aryl methyl sites for hydroxylation is 2. The largest absolute Gasteiger partial charge is 0.396 e. The van der Waals surface area contributed by atoms with Crippen molar-refractivity contribution in [3.63, 3.8) is 0 Å². The molecule has 0 radical (unpaired) electrons. The van der Waals surface area contributed by atoms with Crippen LogP contribution in [-0.2, 0) is 24.1 Å². The Morgan fingerprint density at radius 2 is 2.21 bits per heavy atom. The molecule has 0 aromatic carbocycles. The van der Waals surface area contributed by atoms with E-state index < -0.39 is 0 Å². The van der Waals surface area contributed by atoms with E-state index in [4.69, 9.17) is 14.8 Å². The summed E-state index contributed by atoms with van der Waals surface area (Å²) in [6, 6.07) is 0. The zero-order valence-corrected chi connectivity index (χ0v) is 15.3. The van der Waals surface area contributed by atoms with Crippen LogP contribution in [0, 0.1) is 0 Å².